The van der Waals surface area contributed by atoms with E-state index in [9.17, 15) is 14.7 Å². The lowest BCUT2D eigenvalue weighted by Gasteiger charge is -2.16. The third-order valence-corrected chi connectivity index (χ3v) is 3.04. The van der Waals surface area contributed by atoms with E-state index in [1.54, 1.807) is 6.92 Å². The Bertz CT molecular complexity index is 612. The van der Waals surface area contributed by atoms with Crippen LogP contribution in [0.15, 0.2) is 17.7 Å². The van der Waals surface area contributed by atoms with Gasteiger partial charge in [-0.1, -0.05) is 5.57 Å². The second-order valence-corrected chi connectivity index (χ2v) is 4.84. The molecule has 1 aromatic carbocycles. The monoisotopic (exact) mass is 308 g/mol. The normalized spacial score (nSPS) is 9.86. The molecule has 0 aliphatic carbocycles. The van der Waals surface area contributed by atoms with Gasteiger partial charge in [-0.05, 0) is 32.9 Å². The van der Waals surface area contributed by atoms with E-state index in [1.807, 2.05) is 19.9 Å². The molecule has 22 heavy (non-hydrogen) atoms. The molecule has 1 aromatic rings. The number of carbonyl (C=O) groups excluding carboxylic acids is 1. The van der Waals surface area contributed by atoms with Crippen LogP contribution in [0.2, 0.25) is 0 Å². The lowest BCUT2D eigenvalue weighted by atomic mass is 10.0. The molecule has 120 valence electrons. The molecular formula is C16H20O6. The number of carboxylic acids is 1. The molecule has 0 saturated heterocycles. The molecule has 6 heteroatoms. The fourth-order valence-corrected chi connectivity index (χ4v) is 1.91. The molecule has 1 N–H and O–H groups in total. The summed E-state index contributed by atoms with van der Waals surface area (Å²) in [5, 5.41) is 9.33. The number of allylic oxidation sites excluding steroid dienone is 1. The molecule has 0 radical (unpaired) electrons. The van der Waals surface area contributed by atoms with Crippen molar-refractivity contribution in [3.63, 3.8) is 0 Å². The van der Waals surface area contributed by atoms with E-state index < -0.39 is 11.9 Å². The van der Waals surface area contributed by atoms with Gasteiger partial charge in [0.15, 0.2) is 0 Å². The van der Waals surface area contributed by atoms with Gasteiger partial charge in [0.25, 0.3) is 0 Å². The number of carboxylic acid groups (broad SMARTS) is 1. The van der Waals surface area contributed by atoms with Crippen LogP contribution in [0.25, 0.3) is 0 Å². The van der Waals surface area contributed by atoms with E-state index in [2.05, 4.69) is 4.74 Å². The largest absolute Gasteiger partial charge is 0.495 e. The molecule has 0 aliphatic heterocycles. The van der Waals surface area contributed by atoms with Crippen molar-refractivity contribution in [2.75, 3.05) is 20.8 Å². The molecule has 0 aliphatic rings. The molecular weight excluding hydrogens is 288 g/mol. The molecule has 0 amide bonds. The lowest BCUT2D eigenvalue weighted by Crippen LogP contribution is -2.14. The van der Waals surface area contributed by atoms with Crippen LogP contribution >= 0.6 is 0 Å². The fourth-order valence-electron chi connectivity index (χ4n) is 1.91. The van der Waals surface area contributed by atoms with E-state index in [0.717, 1.165) is 5.57 Å². The predicted octanol–water partition coefficient (Wildman–Crippen LogP) is 2.83. The first-order valence-electron chi connectivity index (χ1n) is 6.62. The summed E-state index contributed by atoms with van der Waals surface area (Å²) < 4.78 is 15.4. The summed E-state index contributed by atoms with van der Waals surface area (Å²) in [4.78, 5) is 23.3. The Hall–Kier alpha value is -2.50. The fraction of sp³-hybridized carbons (Fsp3) is 0.375. The first-order chi connectivity index (χ1) is 10.3. The Morgan fingerprint density at radius 1 is 1.27 bits per heavy atom. The highest BCUT2D eigenvalue weighted by molar-refractivity contribution is 6.05. The summed E-state index contributed by atoms with van der Waals surface area (Å²) in [6.07, 6.45) is 1.86. The summed E-state index contributed by atoms with van der Waals surface area (Å²) >= 11 is 0. The van der Waals surface area contributed by atoms with Crippen molar-refractivity contribution in [2.45, 2.75) is 20.8 Å². The zero-order valence-corrected chi connectivity index (χ0v) is 13.4. The second-order valence-electron chi connectivity index (χ2n) is 4.84. The van der Waals surface area contributed by atoms with Gasteiger partial charge in [-0.25, -0.2) is 9.59 Å². The molecule has 1 rings (SSSR count). The number of ether oxygens (including phenoxy) is 3. The van der Waals surface area contributed by atoms with Gasteiger partial charge in [0.2, 0.25) is 0 Å². The minimum absolute atomic E-state index is 0.121. The standard InChI is InChI=1S/C16H20O6/c1-9(2)6-7-22-12-8-11(15(17)18)13(16(19)21-5)14(20-4)10(12)3/h6,8H,7H2,1-5H3,(H,17,18). The van der Waals surface area contributed by atoms with Crippen LogP contribution in [-0.4, -0.2) is 37.9 Å². The number of methoxy groups -OCH3 is 2. The number of benzene rings is 1. The van der Waals surface area contributed by atoms with Gasteiger partial charge in [-0.3, -0.25) is 0 Å². The van der Waals surface area contributed by atoms with E-state index in [-0.39, 0.29) is 16.9 Å². The first-order valence-corrected chi connectivity index (χ1v) is 6.62. The molecule has 0 spiro atoms. The van der Waals surface area contributed by atoms with Crippen LogP contribution in [0, 0.1) is 6.92 Å². The minimum atomic E-state index is -1.26. The molecule has 0 fully saturated rings. The summed E-state index contributed by atoms with van der Waals surface area (Å²) in [5.74, 6) is -1.54. The smallest absolute Gasteiger partial charge is 0.342 e. The van der Waals surface area contributed by atoms with Crippen molar-refractivity contribution in [1.82, 2.24) is 0 Å². The summed E-state index contributed by atoms with van der Waals surface area (Å²) in [6.45, 7) is 5.84. The van der Waals surface area contributed by atoms with Gasteiger partial charge in [0.1, 0.15) is 23.7 Å². The van der Waals surface area contributed by atoms with E-state index in [0.29, 0.717) is 17.9 Å². The second kappa shape index (κ2) is 7.49. The predicted molar refractivity (Wildman–Crippen MR) is 81.0 cm³/mol. The van der Waals surface area contributed by atoms with Crippen LogP contribution < -0.4 is 9.47 Å². The Kier molecular flexibility index (Phi) is 5.98. The minimum Gasteiger partial charge on any atom is -0.495 e. The molecule has 0 aromatic heterocycles. The van der Waals surface area contributed by atoms with E-state index in [1.165, 1.54) is 20.3 Å². The Labute approximate surface area is 129 Å². The Balaban J connectivity index is 3.44. The van der Waals surface area contributed by atoms with Crippen LogP contribution in [0.3, 0.4) is 0 Å². The highest BCUT2D eigenvalue weighted by atomic mass is 16.5. The third-order valence-electron chi connectivity index (χ3n) is 3.04. The van der Waals surface area contributed by atoms with Crippen LogP contribution in [-0.2, 0) is 4.74 Å². The van der Waals surface area contributed by atoms with Crippen molar-refractivity contribution >= 4 is 11.9 Å². The van der Waals surface area contributed by atoms with Crippen LogP contribution in [0.5, 0.6) is 11.5 Å². The van der Waals surface area contributed by atoms with Gasteiger partial charge in [-0.15, -0.1) is 0 Å². The van der Waals surface area contributed by atoms with Crippen molar-refractivity contribution in [3.05, 3.63) is 34.4 Å². The number of aromatic carboxylic acids is 1. The maximum atomic E-state index is 11.9. The molecule has 0 heterocycles. The van der Waals surface area contributed by atoms with Crippen molar-refractivity contribution in [1.29, 1.82) is 0 Å². The van der Waals surface area contributed by atoms with E-state index in [4.69, 9.17) is 9.47 Å². The van der Waals surface area contributed by atoms with Gasteiger partial charge < -0.3 is 19.3 Å². The average Bonchev–Trinajstić information content (AvgIpc) is 2.46. The SMILES string of the molecule is COC(=O)c1c(C(=O)O)cc(OCC=C(C)C)c(C)c1OC. The van der Waals surface area contributed by atoms with Crippen molar-refractivity contribution < 1.29 is 28.9 Å². The highest BCUT2D eigenvalue weighted by Crippen LogP contribution is 2.35. The van der Waals surface area contributed by atoms with Crippen molar-refractivity contribution in [2.24, 2.45) is 0 Å². The van der Waals surface area contributed by atoms with Crippen LogP contribution in [0.1, 0.15) is 40.1 Å². The van der Waals surface area contributed by atoms with Gasteiger partial charge >= 0.3 is 11.9 Å². The van der Waals surface area contributed by atoms with Crippen molar-refractivity contribution in [3.8, 4) is 11.5 Å². The van der Waals surface area contributed by atoms with Gasteiger partial charge in [-0.2, -0.15) is 0 Å². The Morgan fingerprint density at radius 2 is 1.91 bits per heavy atom. The molecule has 0 saturated carbocycles. The number of rotatable bonds is 6. The first kappa shape index (κ1) is 17.6. The molecule has 6 nitrogen and oxygen atoms in total. The number of esters is 1. The number of hydrogen-bond donors (Lipinski definition) is 1. The maximum Gasteiger partial charge on any atom is 0.342 e. The molecule has 0 unspecified atom stereocenters. The zero-order valence-electron chi connectivity index (χ0n) is 13.4. The maximum absolute atomic E-state index is 11.9. The van der Waals surface area contributed by atoms with Gasteiger partial charge in [0, 0.05) is 5.56 Å². The highest BCUT2D eigenvalue weighted by Gasteiger charge is 2.26. The lowest BCUT2D eigenvalue weighted by molar-refractivity contribution is 0.0578. The number of carbonyl (C=O) groups is 2. The Morgan fingerprint density at radius 3 is 2.36 bits per heavy atom. The quantitative estimate of drug-likeness (QED) is 0.643. The summed E-state index contributed by atoms with van der Waals surface area (Å²) in [5.41, 5.74) is 1.27. The molecule has 0 atom stereocenters. The number of hydrogen-bond acceptors (Lipinski definition) is 5. The van der Waals surface area contributed by atoms with Crippen LogP contribution in [0.4, 0.5) is 0 Å². The van der Waals surface area contributed by atoms with Gasteiger partial charge in [0.05, 0.1) is 19.8 Å². The third kappa shape index (κ3) is 3.78. The topological polar surface area (TPSA) is 82.1 Å². The molecule has 0 bridgehead atoms. The summed E-state index contributed by atoms with van der Waals surface area (Å²) in [6, 6.07) is 1.31. The van der Waals surface area contributed by atoms with E-state index >= 15 is 0 Å². The average molecular weight is 308 g/mol. The summed E-state index contributed by atoms with van der Waals surface area (Å²) in [7, 11) is 2.54. The zero-order chi connectivity index (χ0) is 16.9.